The Kier molecular flexibility index (Phi) is 2.89. The summed E-state index contributed by atoms with van der Waals surface area (Å²) in [6, 6.07) is 23.0. The van der Waals surface area contributed by atoms with Gasteiger partial charge in [0.05, 0.1) is 0 Å². The number of rotatable bonds is 2. The van der Waals surface area contributed by atoms with Crippen LogP contribution in [0.5, 0.6) is 0 Å². The van der Waals surface area contributed by atoms with Gasteiger partial charge in [-0.25, -0.2) is 0 Å². The van der Waals surface area contributed by atoms with E-state index in [0.717, 1.165) is 0 Å². The van der Waals surface area contributed by atoms with Gasteiger partial charge in [-0.3, -0.25) is 4.98 Å². The standard InChI is InChI=1S/C17H13N/c1-2-6-14(7-3-1)16-8-4-5-9-17(16)15-10-12-18-13-11-15/h1-13H. The number of hydrogen-bond donors (Lipinski definition) is 0. The van der Waals surface area contributed by atoms with Gasteiger partial charge in [-0.05, 0) is 34.4 Å². The Balaban J connectivity index is 2.18. The molecule has 86 valence electrons. The van der Waals surface area contributed by atoms with Crippen LogP contribution in [0.3, 0.4) is 0 Å². The largest absolute Gasteiger partial charge is 0.265 e. The van der Waals surface area contributed by atoms with Gasteiger partial charge in [-0.15, -0.1) is 0 Å². The minimum absolute atomic E-state index is 1.20. The normalized spacial score (nSPS) is 10.2. The zero-order chi connectivity index (χ0) is 12.2. The van der Waals surface area contributed by atoms with Crippen LogP contribution in [0.4, 0.5) is 0 Å². The summed E-state index contributed by atoms with van der Waals surface area (Å²) >= 11 is 0. The first-order valence-electron chi connectivity index (χ1n) is 6.00. The summed E-state index contributed by atoms with van der Waals surface area (Å²) in [6.07, 6.45) is 3.66. The Hall–Kier alpha value is -2.41. The molecule has 0 aliphatic heterocycles. The Bertz CT molecular complexity index is 572. The van der Waals surface area contributed by atoms with Crippen LogP contribution in [-0.4, -0.2) is 4.98 Å². The Morgan fingerprint density at radius 3 is 1.61 bits per heavy atom. The summed E-state index contributed by atoms with van der Waals surface area (Å²) in [5.74, 6) is 0. The van der Waals surface area contributed by atoms with Crippen LogP contribution in [0, 0.1) is 0 Å². The summed E-state index contributed by atoms with van der Waals surface area (Å²) in [5.41, 5.74) is 4.93. The Morgan fingerprint density at radius 1 is 0.500 bits per heavy atom. The lowest BCUT2D eigenvalue weighted by Crippen LogP contribution is -1.84. The lowest BCUT2D eigenvalue weighted by molar-refractivity contribution is 1.33. The minimum atomic E-state index is 1.20. The van der Waals surface area contributed by atoms with Crippen LogP contribution in [0.25, 0.3) is 22.3 Å². The molecular formula is C17H13N. The molecule has 18 heavy (non-hydrogen) atoms. The van der Waals surface area contributed by atoms with Crippen molar-refractivity contribution >= 4 is 0 Å². The van der Waals surface area contributed by atoms with E-state index in [1.54, 1.807) is 0 Å². The quantitative estimate of drug-likeness (QED) is 0.636. The van der Waals surface area contributed by atoms with Crippen molar-refractivity contribution in [2.45, 2.75) is 0 Å². The average Bonchev–Trinajstić information content (AvgIpc) is 2.49. The molecule has 3 aromatic rings. The van der Waals surface area contributed by atoms with E-state index in [1.807, 2.05) is 30.6 Å². The molecule has 2 aromatic carbocycles. The van der Waals surface area contributed by atoms with E-state index >= 15 is 0 Å². The van der Waals surface area contributed by atoms with E-state index in [4.69, 9.17) is 0 Å². The summed E-state index contributed by atoms with van der Waals surface area (Å²) in [7, 11) is 0. The van der Waals surface area contributed by atoms with E-state index < -0.39 is 0 Å². The highest BCUT2D eigenvalue weighted by molar-refractivity contribution is 5.83. The van der Waals surface area contributed by atoms with Gasteiger partial charge in [0.25, 0.3) is 0 Å². The van der Waals surface area contributed by atoms with Gasteiger partial charge in [0.15, 0.2) is 0 Å². The zero-order valence-electron chi connectivity index (χ0n) is 9.95. The third-order valence-electron chi connectivity index (χ3n) is 3.00. The molecule has 0 radical (unpaired) electrons. The SMILES string of the molecule is c1ccc(-c2ccccc2-c2ccncc2)cc1. The molecule has 0 bridgehead atoms. The lowest BCUT2D eigenvalue weighted by Gasteiger charge is -2.09. The number of nitrogens with zero attached hydrogens (tertiary/aromatic N) is 1. The molecule has 1 heterocycles. The van der Waals surface area contributed by atoms with Crippen molar-refractivity contribution in [3.05, 3.63) is 79.1 Å². The first-order valence-corrected chi connectivity index (χ1v) is 6.00. The number of pyridine rings is 1. The highest BCUT2D eigenvalue weighted by atomic mass is 14.6. The Labute approximate surface area is 107 Å². The van der Waals surface area contributed by atoms with Crippen LogP contribution in [0.15, 0.2) is 79.1 Å². The molecule has 1 nitrogen and oxygen atoms in total. The van der Waals surface area contributed by atoms with Crippen LogP contribution in [-0.2, 0) is 0 Å². The van der Waals surface area contributed by atoms with Gasteiger partial charge >= 0.3 is 0 Å². The smallest absolute Gasteiger partial charge is 0.0273 e. The molecular weight excluding hydrogens is 218 g/mol. The van der Waals surface area contributed by atoms with E-state index in [1.165, 1.54) is 22.3 Å². The molecule has 0 fully saturated rings. The maximum atomic E-state index is 4.07. The van der Waals surface area contributed by atoms with Crippen LogP contribution < -0.4 is 0 Å². The van der Waals surface area contributed by atoms with Crippen LogP contribution in [0.2, 0.25) is 0 Å². The third-order valence-corrected chi connectivity index (χ3v) is 3.00. The van der Waals surface area contributed by atoms with Gasteiger partial charge in [0.2, 0.25) is 0 Å². The average molecular weight is 231 g/mol. The fourth-order valence-corrected chi connectivity index (χ4v) is 2.14. The molecule has 1 aromatic heterocycles. The summed E-state index contributed by atoms with van der Waals surface area (Å²) < 4.78 is 0. The molecule has 0 unspecified atom stereocenters. The molecule has 0 saturated heterocycles. The monoisotopic (exact) mass is 231 g/mol. The first-order chi connectivity index (χ1) is 8.95. The summed E-state index contributed by atoms with van der Waals surface area (Å²) in [5, 5.41) is 0. The second-order valence-corrected chi connectivity index (χ2v) is 4.15. The zero-order valence-corrected chi connectivity index (χ0v) is 9.95. The van der Waals surface area contributed by atoms with E-state index in [9.17, 15) is 0 Å². The van der Waals surface area contributed by atoms with Crippen molar-refractivity contribution < 1.29 is 0 Å². The minimum Gasteiger partial charge on any atom is -0.265 e. The number of aromatic nitrogens is 1. The number of benzene rings is 2. The van der Waals surface area contributed by atoms with Gasteiger partial charge in [-0.1, -0.05) is 54.6 Å². The molecule has 3 rings (SSSR count). The van der Waals surface area contributed by atoms with Gasteiger partial charge < -0.3 is 0 Å². The van der Waals surface area contributed by atoms with Crippen LogP contribution >= 0.6 is 0 Å². The predicted octanol–water partition coefficient (Wildman–Crippen LogP) is 4.42. The molecule has 0 saturated carbocycles. The number of hydrogen-bond acceptors (Lipinski definition) is 1. The topological polar surface area (TPSA) is 12.9 Å². The van der Waals surface area contributed by atoms with Crippen LogP contribution in [0.1, 0.15) is 0 Å². The van der Waals surface area contributed by atoms with Crippen molar-refractivity contribution in [3.63, 3.8) is 0 Å². The lowest BCUT2D eigenvalue weighted by atomic mass is 9.95. The molecule has 0 N–H and O–H groups in total. The second-order valence-electron chi connectivity index (χ2n) is 4.15. The van der Waals surface area contributed by atoms with E-state index in [2.05, 4.69) is 53.5 Å². The highest BCUT2D eigenvalue weighted by Crippen LogP contribution is 2.31. The molecule has 0 atom stereocenters. The molecule has 0 spiro atoms. The first kappa shape index (κ1) is 10.7. The Morgan fingerprint density at radius 2 is 1.00 bits per heavy atom. The molecule has 0 aliphatic carbocycles. The van der Waals surface area contributed by atoms with E-state index in [-0.39, 0.29) is 0 Å². The maximum absolute atomic E-state index is 4.07. The predicted molar refractivity (Wildman–Crippen MR) is 75.1 cm³/mol. The van der Waals surface area contributed by atoms with Crippen molar-refractivity contribution in [2.24, 2.45) is 0 Å². The van der Waals surface area contributed by atoms with Gasteiger partial charge in [0.1, 0.15) is 0 Å². The van der Waals surface area contributed by atoms with Crippen molar-refractivity contribution in [1.82, 2.24) is 4.98 Å². The fourth-order valence-electron chi connectivity index (χ4n) is 2.14. The highest BCUT2D eigenvalue weighted by Gasteiger charge is 2.05. The maximum Gasteiger partial charge on any atom is 0.0273 e. The molecule has 0 aliphatic rings. The summed E-state index contributed by atoms with van der Waals surface area (Å²) in [6.45, 7) is 0. The van der Waals surface area contributed by atoms with Crippen molar-refractivity contribution in [3.8, 4) is 22.3 Å². The fraction of sp³-hybridized carbons (Fsp3) is 0. The van der Waals surface area contributed by atoms with Gasteiger partial charge in [-0.2, -0.15) is 0 Å². The van der Waals surface area contributed by atoms with Crippen molar-refractivity contribution in [1.29, 1.82) is 0 Å². The molecule has 0 amide bonds. The van der Waals surface area contributed by atoms with Crippen molar-refractivity contribution in [2.75, 3.05) is 0 Å². The molecule has 1 heteroatoms. The van der Waals surface area contributed by atoms with E-state index in [0.29, 0.717) is 0 Å². The third kappa shape index (κ3) is 2.03. The summed E-state index contributed by atoms with van der Waals surface area (Å²) in [4.78, 5) is 4.07. The van der Waals surface area contributed by atoms with Gasteiger partial charge in [0, 0.05) is 12.4 Å². The second kappa shape index (κ2) is 4.84.